The lowest BCUT2D eigenvalue weighted by atomic mass is 9.96. The van der Waals surface area contributed by atoms with Crippen LogP contribution in [0.1, 0.15) is 36.6 Å². The minimum absolute atomic E-state index is 0.194. The number of carbonyl (C=O) groups is 1. The third kappa shape index (κ3) is 6.34. The molecule has 0 N–H and O–H groups in total. The van der Waals surface area contributed by atoms with Gasteiger partial charge in [0.2, 0.25) is 0 Å². The second-order valence-corrected chi connectivity index (χ2v) is 12.2. The Morgan fingerprint density at radius 2 is 1.74 bits per heavy atom. The smallest absolute Gasteiger partial charge is 0.338 e. The monoisotopic (exact) mass is 726 g/mol. The van der Waals surface area contributed by atoms with Crippen molar-refractivity contribution in [3.63, 3.8) is 0 Å². The van der Waals surface area contributed by atoms with Crippen LogP contribution in [0.25, 0.3) is 6.08 Å². The summed E-state index contributed by atoms with van der Waals surface area (Å²) in [5.74, 6) is 1.20. The zero-order valence-electron chi connectivity index (χ0n) is 23.9. The maximum Gasteiger partial charge on any atom is 0.338 e. The molecule has 0 fully saturated rings. The molecule has 222 valence electrons. The van der Waals surface area contributed by atoms with Crippen LogP contribution < -0.4 is 29.1 Å². The van der Waals surface area contributed by atoms with E-state index in [2.05, 4.69) is 36.9 Å². The van der Waals surface area contributed by atoms with E-state index in [0.29, 0.717) is 54.5 Å². The van der Waals surface area contributed by atoms with E-state index in [-0.39, 0.29) is 12.2 Å². The number of fused-ring (bicyclic) bond motifs is 1. The van der Waals surface area contributed by atoms with Crippen LogP contribution in [0.3, 0.4) is 0 Å². The van der Waals surface area contributed by atoms with Crippen LogP contribution in [0.15, 0.2) is 90.7 Å². The molecule has 43 heavy (non-hydrogen) atoms. The Kier molecular flexibility index (Phi) is 9.53. The van der Waals surface area contributed by atoms with Crippen molar-refractivity contribution in [2.45, 2.75) is 26.5 Å². The van der Waals surface area contributed by atoms with Gasteiger partial charge in [0.15, 0.2) is 16.3 Å². The fourth-order valence-corrected chi connectivity index (χ4v) is 6.80. The summed E-state index contributed by atoms with van der Waals surface area (Å²) in [6.45, 7) is 4.07. The highest BCUT2D eigenvalue weighted by atomic mass is 79.9. The number of carbonyl (C=O) groups excluding carboxylic acids is 1. The second-order valence-electron chi connectivity index (χ2n) is 9.50. The molecule has 0 bridgehead atoms. The number of nitrogens with zero attached hydrogens (tertiary/aromatic N) is 2. The quantitative estimate of drug-likeness (QED) is 0.199. The van der Waals surface area contributed by atoms with E-state index in [0.717, 1.165) is 15.6 Å². The molecule has 0 saturated carbocycles. The topological polar surface area (TPSA) is 88.4 Å². The van der Waals surface area contributed by atoms with E-state index < -0.39 is 12.0 Å². The number of aromatic nitrogens is 1. The van der Waals surface area contributed by atoms with Gasteiger partial charge in [-0.2, -0.15) is 0 Å². The minimum atomic E-state index is -0.744. The highest BCUT2D eigenvalue weighted by Gasteiger charge is 2.33. The third-order valence-corrected chi connectivity index (χ3v) is 9.10. The molecule has 2 heterocycles. The van der Waals surface area contributed by atoms with Crippen LogP contribution in [0.2, 0.25) is 0 Å². The van der Waals surface area contributed by atoms with Crippen molar-refractivity contribution in [1.82, 2.24) is 4.57 Å². The molecular weight excluding hydrogens is 700 g/mol. The van der Waals surface area contributed by atoms with E-state index in [9.17, 15) is 9.59 Å². The van der Waals surface area contributed by atoms with Gasteiger partial charge < -0.3 is 18.9 Å². The van der Waals surface area contributed by atoms with Crippen molar-refractivity contribution >= 4 is 55.2 Å². The molecule has 0 spiro atoms. The average molecular weight is 728 g/mol. The van der Waals surface area contributed by atoms with Gasteiger partial charge in [-0.05, 0) is 76.8 Å². The number of esters is 1. The van der Waals surface area contributed by atoms with E-state index in [1.807, 2.05) is 54.6 Å². The predicted molar refractivity (Wildman–Crippen MR) is 173 cm³/mol. The van der Waals surface area contributed by atoms with E-state index >= 15 is 0 Å². The lowest BCUT2D eigenvalue weighted by molar-refractivity contribution is -0.139. The number of hydrogen-bond acceptors (Lipinski definition) is 8. The Bertz CT molecular complexity index is 1900. The second kappa shape index (κ2) is 13.3. The van der Waals surface area contributed by atoms with Crippen molar-refractivity contribution in [1.29, 1.82) is 0 Å². The van der Waals surface area contributed by atoms with Gasteiger partial charge in [-0.3, -0.25) is 9.36 Å². The number of hydrogen-bond donors (Lipinski definition) is 0. The van der Waals surface area contributed by atoms with Crippen molar-refractivity contribution in [3.8, 4) is 17.2 Å². The molecule has 1 aromatic heterocycles. The Labute approximate surface area is 269 Å². The Hall–Kier alpha value is -3.67. The summed E-state index contributed by atoms with van der Waals surface area (Å²) in [5, 5.41) is 0. The summed E-state index contributed by atoms with van der Waals surface area (Å²) in [6, 6.07) is 18.2. The molecule has 0 aliphatic carbocycles. The van der Waals surface area contributed by atoms with Gasteiger partial charge in [0.1, 0.15) is 12.4 Å². The van der Waals surface area contributed by atoms with Crippen molar-refractivity contribution < 1.29 is 23.7 Å². The summed E-state index contributed by atoms with van der Waals surface area (Å²) in [7, 11) is 3.15. The van der Waals surface area contributed by atoms with Crippen LogP contribution in [0.4, 0.5) is 0 Å². The summed E-state index contributed by atoms with van der Waals surface area (Å²) >= 11 is 8.42. The third-order valence-electron chi connectivity index (χ3n) is 6.82. The molecule has 1 aliphatic rings. The van der Waals surface area contributed by atoms with Crippen LogP contribution in [0, 0.1) is 0 Å². The molecule has 0 saturated heterocycles. The number of ether oxygens (including phenoxy) is 4. The average Bonchev–Trinajstić information content (AvgIpc) is 3.30. The lowest BCUT2D eigenvalue weighted by Gasteiger charge is -2.25. The lowest BCUT2D eigenvalue weighted by Crippen LogP contribution is -2.40. The van der Waals surface area contributed by atoms with Crippen molar-refractivity contribution in [3.05, 3.63) is 117 Å². The highest BCUT2D eigenvalue weighted by molar-refractivity contribution is 9.10. The van der Waals surface area contributed by atoms with E-state index in [4.69, 9.17) is 18.9 Å². The number of rotatable bonds is 9. The molecule has 1 aliphatic heterocycles. The van der Waals surface area contributed by atoms with Gasteiger partial charge in [0, 0.05) is 4.47 Å². The highest BCUT2D eigenvalue weighted by Crippen LogP contribution is 2.36. The van der Waals surface area contributed by atoms with E-state index in [1.54, 1.807) is 44.8 Å². The fraction of sp³-hybridized carbons (Fsp3) is 0.219. The van der Waals surface area contributed by atoms with Crippen LogP contribution in [0.5, 0.6) is 17.2 Å². The van der Waals surface area contributed by atoms with Gasteiger partial charge in [0.25, 0.3) is 5.56 Å². The number of thiazole rings is 1. The predicted octanol–water partition coefficient (Wildman–Crippen LogP) is 5.92. The molecule has 0 amide bonds. The molecule has 5 rings (SSSR count). The number of halogens is 2. The first kappa shape index (κ1) is 30.8. The molecular formula is C32H28Br2N2O6S. The number of methoxy groups -OCH3 is 2. The van der Waals surface area contributed by atoms with Gasteiger partial charge in [-0.25, -0.2) is 9.79 Å². The molecule has 11 heteroatoms. The minimum Gasteiger partial charge on any atom is -0.496 e. The van der Waals surface area contributed by atoms with E-state index in [1.165, 1.54) is 11.3 Å². The molecule has 8 nitrogen and oxygen atoms in total. The fourth-order valence-electron chi connectivity index (χ4n) is 4.77. The first-order valence-corrected chi connectivity index (χ1v) is 15.7. The van der Waals surface area contributed by atoms with Gasteiger partial charge in [-0.1, -0.05) is 63.7 Å². The van der Waals surface area contributed by atoms with Gasteiger partial charge in [0.05, 0.1) is 47.1 Å². The summed E-state index contributed by atoms with van der Waals surface area (Å²) < 4.78 is 25.9. The number of benzene rings is 3. The standard InChI is InChI=1S/C32H28Br2N2O6S/c1-5-41-31(38)28-18(2)35-32-36(29(28)20-11-12-24(39-3)23(34)13-20)30(37)27(43-32)15-21-14-25(40-4)26(16-22(21)33)42-17-19-9-7-6-8-10-19/h6-16,29H,5,17H2,1-4H3/b27-15+/t29-/m0/s1. The summed E-state index contributed by atoms with van der Waals surface area (Å²) in [4.78, 5) is 32.3. The maximum absolute atomic E-state index is 14.0. The zero-order chi connectivity index (χ0) is 30.7. The Morgan fingerprint density at radius 3 is 2.42 bits per heavy atom. The van der Waals surface area contributed by atoms with Crippen LogP contribution in [-0.2, 0) is 16.1 Å². The summed E-state index contributed by atoms with van der Waals surface area (Å²) in [5.41, 5.74) is 2.97. The van der Waals surface area contributed by atoms with Gasteiger partial charge >= 0.3 is 5.97 Å². The zero-order valence-corrected chi connectivity index (χ0v) is 27.8. The molecule has 0 radical (unpaired) electrons. The molecule has 0 unspecified atom stereocenters. The normalized spacial score (nSPS) is 14.7. The molecule has 4 aromatic rings. The van der Waals surface area contributed by atoms with Gasteiger partial charge in [-0.15, -0.1) is 0 Å². The van der Waals surface area contributed by atoms with Crippen LogP contribution in [-0.4, -0.2) is 31.4 Å². The largest absolute Gasteiger partial charge is 0.496 e. The Balaban J connectivity index is 1.60. The van der Waals surface area contributed by atoms with Crippen LogP contribution >= 0.6 is 43.2 Å². The van der Waals surface area contributed by atoms with Crippen molar-refractivity contribution in [2.24, 2.45) is 4.99 Å². The first-order chi connectivity index (χ1) is 20.7. The number of allylic oxidation sites excluding steroid dienone is 1. The Morgan fingerprint density at radius 1 is 1.00 bits per heavy atom. The van der Waals surface area contributed by atoms with Crippen molar-refractivity contribution in [2.75, 3.05) is 20.8 Å². The first-order valence-electron chi connectivity index (χ1n) is 13.3. The summed E-state index contributed by atoms with van der Waals surface area (Å²) in [6.07, 6.45) is 1.78. The molecule has 3 aromatic carbocycles. The SMILES string of the molecule is CCOC(=O)C1=C(C)N=c2s/c(=C/c3cc(OC)c(OCc4ccccc4)cc3Br)c(=O)n2[C@H]1c1ccc(OC)c(Br)c1. The molecule has 1 atom stereocenters. The maximum atomic E-state index is 14.0.